The van der Waals surface area contributed by atoms with E-state index in [1.165, 1.54) is 4.90 Å². The van der Waals surface area contributed by atoms with Crippen LogP contribution in [-0.2, 0) is 29.0 Å². The van der Waals surface area contributed by atoms with E-state index in [0.717, 1.165) is 16.7 Å². The van der Waals surface area contributed by atoms with E-state index in [2.05, 4.69) is 0 Å². The van der Waals surface area contributed by atoms with E-state index in [1.807, 2.05) is 84.9 Å². The van der Waals surface area contributed by atoms with Crippen LogP contribution in [0.3, 0.4) is 0 Å². The summed E-state index contributed by atoms with van der Waals surface area (Å²) in [6.45, 7) is 0.630. The van der Waals surface area contributed by atoms with E-state index in [4.69, 9.17) is 15.2 Å². The molecule has 0 aliphatic carbocycles. The third-order valence-electron chi connectivity index (χ3n) is 5.43. The molecule has 6 nitrogen and oxygen atoms in total. The number of nitrogens with zero attached hydrogens (tertiary/aromatic N) is 1. The second-order valence-corrected chi connectivity index (χ2v) is 7.86. The van der Waals surface area contributed by atoms with Crippen molar-refractivity contribution in [3.05, 3.63) is 102 Å². The fourth-order valence-electron chi connectivity index (χ4n) is 3.79. The summed E-state index contributed by atoms with van der Waals surface area (Å²) in [7, 11) is 0. The Morgan fingerprint density at radius 1 is 0.969 bits per heavy atom. The highest BCUT2D eigenvalue weighted by atomic mass is 16.6. The van der Waals surface area contributed by atoms with Gasteiger partial charge in [-0.1, -0.05) is 72.8 Å². The van der Waals surface area contributed by atoms with Crippen molar-refractivity contribution in [3.8, 4) is 5.75 Å². The number of carbonyl (C=O) groups is 2. The Kier molecular flexibility index (Phi) is 6.82. The molecule has 2 amide bonds. The summed E-state index contributed by atoms with van der Waals surface area (Å²) in [5.74, 6) is 0.276. The van der Waals surface area contributed by atoms with Gasteiger partial charge in [0.1, 0.15) is 19.0 Å². The Morgan fingerprint density at radius 3 is 2.34 bits per heavy atom. The number of hydrogen-bond acceptors (Lipinski definition) is 5. The van der Waals surface area contributed by atoms with Crippen molar-refractivity contribution >= 4 is 12.0 Å². The van der Waals surface area contributed by atoms with Crippen molar-refractivity contribution in [3.63, 3.8) is 0 Å². The summed E-state index contributed by atoms with van der Waals surface area (Å²) in [5, 5.41) is 0. The molecule has 32 heavy (non-hydrogen) atoms. The predicted molar refractivity (Wildman–Crippen MR) is 121 cm³/mol. The summed E-state index contributed by atoms with van der Waals surface area (Å²) in [6.07, 6.45) is 0.197. The zero-order chi connectivity index (χ0) is 22.3. The molecule has 0 aromatic heterocycles. The molecule has 0 unspecified atom stereocenters. The van der Waals surface area contributed by atoms with E-state index < -0.39 is 18.0 Å². The number of carbonyl (C=O) groups excluding carboxylic acids is 2. The van der Waals surface area contributed by atoms with Gasteiger partial charge in [-0.25, -0.2) is 9.69 Å². The second kappa shape index (κ2) is 10.1. The van der Waals surface area contributed by atoms with Crippen molar-refractivity contribution in [1.29, 1.82) is 0 Å². The Hall–Kier alpha value is -3.64. The number of nitrogens with two attached hydrogens (primary N) is 1. The highest BCUT2D eigenvalue weighted by Crippen LogP contribution is 2.20. The maximum absolute atomic E-state index is 13.0. The average molecular weight is 431 g/mol. The van der Waals surface area contributed by atoms with Crippen molar-refractivity contribution in [2.24, 2.45) is 5.73 Å². The predicted octanol–water partition coefficient (Wildman–Crippen LogP) is 3.73. The molecule has 2 atom stereocenters. The highest BCUT2D eigenvalue weighted by Gasteiger charge is 2.39. The molecule has 1 aliphatic rings. The molecule has 3 aromatic carbocycles. The Morgan fingerprint density at radius 2 is 1.62 bits per heavy atom. The zero-order valence-corrected chi connectivity index (χ0v) is 17.7. The van der Waals surface area contributed by atoms with Gasteiger partial charge in [0.15, 0.2) is 0 Å². The van der Waals surface area contributed by atoms with Crippen LogP contribution in [0.4, 0.5) is 4.79 Å². The minimum Gasteiger partial charge on any atom is -0.489 e. The lowest BCUT2D eigenvalue weighted by atomic mass is 10.0. The van der Waals surface area contributed by atoms with Gasteiger partial charge in [0.25, 0.3) is 0 Å². The van der Waals surface area contributed by atoms with E-state index in [0.29, 0.717) is 25.2 Å². The van der Waals surface area contributed by atoms with E-state index in [-0.39, 0.29) is 12.6 Å². The molecule has 2 N–H and O–H groups in total. The molecule has 6 heteroatoms. The molecule has 4 rings (SSSR count). The smallest absolute Gasteiger partial charge is 0.417 e. The average Bonchev–Trinajstić information content (AvgIpc) is 3.18. The topological polar surface area (TPSA) is 81.9 Å². The maximum Gasteiger partial charge on any atom is 0.417 e. The van der Waals surface area contributed by atoms with E-state index in [1.54, 1.807) is 0 Å². The summed E-state index contributed by atoms with van der Waals surface area (Å²) in [5.41, 5.74) is 9.19. The van der Waals surface area contributed by atoms with Gasteiger partial charge in [0.2, 0.25) is 5.91 Å². The summed E-state index contributed by atoms with van der Waals surface area (Å²) in [6, 6.07) is 25.9. The fourth-order valence-corrected chi connectivity index (χ4v) is 3.79. The van der Waals surface area contributed by atoms with Gasteiger partial charge in [-0.15, -0.1) is 0 Å². The minimum absolute atomic E-state index is 0.176. The number of ether oxygens (including phenoxy) is 2. The first-order valence-corrected chi connectivity index (χ1v) is 10.6. The third-order valence-corrected chi connectivity index (χ3v) is 5.43. The lowest BCUT2D eigenvalue weighted by molar-refractivity contribution is -0.130. The summed E-state index contributed by atoms with van der Waals surface area (Å²) >= 11 is 0. The first kappa shape index (κ1) is 21.6. The van der Waals surface area contributed by atoms with Crippen LogP contribution in [0.25, 0.3) is 0 Å². The molecular formula is C26H26N2O4. The van der Waals surface area contributed by atoms with Crippen LogP contribution in [0, 0.1) is 0 Å². The second-order valence-electron chi connectivity index (χ2n) is 7.86. The van der Waals surface area contributed by atoms with E-state index in [9.17, 15) is 9.59 Å². The number of hydrogen-bond donors (Lipinski definition) is 1. The van der Waals surface area contributed by atoms with Gasteiger partial charge < -0.3 is 15.2 Å². The van der Waals surface area contributed by atoms with Crippen molar-refractivity contribution in [2.75, 3.05) is 6.61 Å². The number of benzene rings is 3. The Labute approximate surface area is 187 Å². The molecule has 1 saturated heterocycles. The molecule has 0 bridgehead atoms. The largest absolute Gasteiger partial charge is 0.489 e. The van der Waals surface area contributed by atoms with Crippen molar-refractivity contribution in [1.82, 2.24) is 4.90 Å². The number of imide groups is 1. The molecule has 1 fully saturated rings. The summed E-state index contributed by atoms with van der Waals surface area (Å²) in [4.78, 5) is 26.5. The Bertz CT molecular complexity index is 1060. The van der Waals surface area contributed by atoms with Gasteiger partial charge in [0.05, 0.1) is 12.1 Å². The molecule has 3 aromatic rings. The van der Waals surface area contributed by atoms with Crippen LogP contribution in [0.1, 0.15) is 16.7 Å². The summed E-state index contributed by atoms with van der Waals surface area (Å²) < 4.78 is 11.0. The molecular weight excluding hydrogens is 404 g/mol. The minimum atomic E-state index is -0.858. The molecule has 0 radical (unpaired) electrons. The van der Waals surface area contributed by atoms with E-state index >= 15 is 0 Å². The van der Waals surface area contributed by atoms with Crippen LogP contribution in [0.5, 0.6) is 5.75 Å². The van der Waals surface area contributed by atoms with Crippen LogP contribution in [0.15, 0.2) is 84.9 Å². The monoisotopic (exact) mass is 430 g/mol. The van der Waals surface area contributed by atoms with Gasteiger partial charge in [0, 0.05) is 0 Å². The van der Waals surface area contributed by atoms with Gasteiger partial charge in [-0.2, -0.15) is 0 Å². The molecule has 1 aliphatic heterocycles. The van der Waals surface area contributed by atoms with Crippen LogP contribution in [0.2, 0.25) is 0 Å². The van der Waals surface area contributed by atoms with Crippen LogP contribution >= 0.6 is 0 Å². The fraction of sp³-hybridized carbons (Fsp3) is 0.231. The van der Waals surface area contributed by atoms with Gasteiger partial charge in [-0.3, -0.25) is 4.79 Å². The molecule has 164 valence electrons. The number of amides is 2. The molecule has 0 saturated carbocycles. The SMILES string of the molecule is N[C@@H](Cc1cccc(OCc2ccccc2)c1)C(=O)N1C(=O)OC[C@@H]1Cc1ccccc1. The quantitative estimate of drug-likeness (QED) is 0.589. The first-order valence-electron chi connectivity index (χ1n) is 10.6. The molecule has 1 heterocycles. The van der Waals surface area contributed by atoms with Crippen molar-refractivity contribution in [2.45, 2.75) is 31.5 Å². The van der Waals surface area contributed by atoms with Crippen molar-refractivity contribution < 1.29 is 19.1 Å². The number of cyclic esters (lactones) is 1. The first-order chi connectivity index (χ1) is 15.6. The van der Waals surface area contributed by atoms with Crippen LogP contribution < -0.4 is 10.5 Å². The highest BCUT2D eigenvalue weighted by molar-refractivity contribution is 5.96. The third kappa shape index (κ3) is 5.34. The Balaban J connectivity index is 1.38. The van der Waals surface area contributed by atoms with Gasteiger partial charge >= 0.3 is 6.09 Å². The lowest BCUT2D eigenvalue weighted by Crippen LogP contribution is -2.49. The normalized spacial score (nSPS) is 16.5. The van der Waals surface area contributed by atoms with Gasteiger partial charge in [-0.05, 0) is 41.7 Å². The molecule has 0 spiro atoms. The standard InChI is InChI=1S/C26H26N2O4/c27-24(16-21-12-7-13-23(15-21)31-17-20-10-5-2-6-11-20)25(29)28-22(18-32-26(28)30)14-19-8-3-1-4-9-19/h1-13,15,22,24H,14,16-18,27H2/t22-,24-/m0/s1. The zero-order valence-electron chi connectivity index (χ0n) is 17.7. The van der Waals surface area contributed by atoms with Crippen LogP contribution in [-0.4, -0.2) is 35.6 Å². The number of rotatable bonds is 8. The lowest BCUT2D eigenvalue weighted by Gasteiger charge is -2.23. The maximum atomic E-state index is 13.0.